The second-order valence-corrected chi connectivity index (χ2v) is 6.75. The second kappa shape index (κ2) is 7.43. The van der Waals surface area contributed by atoms with Crippen molar-refractivity contribution in [3.8, 4) is 11.5 Å². The Hall–Kier alpha value is -3.61. The minimum atomic E-state index is -2.04. The van der Waals surface area contributed by atoms with E-state index in [1.165, 1.54) is 38.5 Å². The van der Waals surface area contributed by atoms with Gasteiger partial charge in [-0.3, -0.25) is 9.59 Å². The van der Waals surface area contributed by atoms with Crippen molar-refractivity contribution in [2.24, 2.45) is 0 Å². The van der Waals surface area contributed by atoms with Crippen molar-refractivity contribution < 1.29 is 33.7 Å². The summed E-state index contributed by atoms with van der Waals surface area (Å²) in [7, 11) is 1.33. The van der Waals surface area contributed by atoms with E-state index in [1.807, 2.05) is 6.92 Å². The quantitative estimate of drug-likeness (QED) is 0.617. The van der Waals surface area contributed by atoms with Gasteiger partial charge in [0.15, 0.2) is 0 Å². The molecule has 1 aliphatic heterocycles. The molecule has 0 fully saturated rings. The van der Waals surface area contributed by atoms with Crippen LogP contribution in [0.4, 0.5) is 0 Å². The summed E-state index contributed by atoms with van der Waals surface area (Å²) < 4.78 is 15.9. The molecule has 1 N–H and O–H groups in total. The van der Waals surface area contributed by atoms with Gasteiger partial charge in [-0.15, -0.1) is 0 Å². The Balaban J connectivity index is 1.98. The van der Waals surface area contributed by atoms with Gasteiger partial charge in [-0.05, 0) is 56.2 Å². The molecule has 1 heterocycles. The van der Waals surface area contributed by atoms with Crippen LogP contribution < -0.4 is 4.74 Å². The van der Waals surface area contributed by atoms with Crippen molar-refractivity contribution in [1.29, 1.82) is 0 Å². The monoisotopic (exact) mass is 396 g/mol. The van der Waals surface area contributed by atoms with Crippen molar-refractivity contribution in [2.75, 3.05) is 7.11 Å². The van der Waals surface area contributed by atoms with E-state index >= 15 is 0 Å². The maximum Gasteiger partial charge on any atom is 0.343 e. The van der Waals surface area contributed by atoms with E-state index in [2.05, 4.69) is 0 Å². The van der Waals surface area contributed by atoms with Gasteiger partial charge in [0.05, 0.1) is 12.7 Å². The topological polar surface area (TPSA) is 99.1 Å². The van der Waals surface area contributed by atoms with E-state index in [1.54, 1.807) is 25.2 Å². The predicted octanol–water partition coefficient (Wildman–Crippen LogP) is 3.08. The molecule has 0 radical (unpaired) electrons. The molecule has 1 aromatic rings. The highest BCUT2D eigenvalue weighted by atomic mass is 16.6. The lowest BCUT2D eigenvalue weighted by atomic mass is 9.80. The van der Waals surface area contributed by atoms with Crippen LogP contribution in [0.3, 0.4) is 0 Å². The van der Waals surface area contributed by atoms with Crippen LogP contribution in [0, 0.1) is 6.92 Å². The van der Waals surface area contributed by atoms with Crippen LogP contribution in [0.25, 0.3) is 0 Å². The summed E-state index contributed by atoms with van der Waals surface area (Å²) in [6.45, 7) is 4.64. The third-order valence-corrected chi connectivity index (χ3v) is 4.69. The van der Waals surface area contributed by atoms with Gasteiger partial charge in [0.25, 0.3) is 0 Å². The summed E-state index contributed by atoms with van der Waals surface area (Å²) in [6.07, 6.45) is 7.52. The van der Waals surface area contributed by atoms with Gasteiger partial charge in [-0.2, -0.15) is 0 Å². The van der Waals surface area contributed by atoms with E-state index in [0.717, 1.165) is 0 Å². The van der Waals surface area contributed by atoms with Gasteiger partial charge >= 0.3 is 5.97 Å². The molecule has 0 bridgehead atoms. The molecular formula is C22H20O7. The van der Waals surface area contributed by atoms with Crippen molar-refractivity contribution in [1.82, 2.24) is 0 Å². The number of esters is 1. The molecule has 0 saturated carbocycles. The number of carbonyl (C=O) groups is 3. The van der Waals surface area contributed by atoms with Gasteiger partial charge < -0.3 is 19.3 Å². The predicted molar refractivity (Wildman–Crippen MR) is 103 cm³/mol. The van der Waals surface area contributed by atoms with Crippen molar-refractivity contribution >= 4 is 17.5 Å². The number of ketones is 2. The zero-order chi connectivity index (χ0) is 21.3. The van der Waals surface area contributed by atoms with Gasteiger partial charge in [0.1, 0.15) is 29.1 Å². The highest BCUT2D eigenvalue weighted by Crippen LogP contribution is 2.35. The third kappa shape index (κ3) is 3.47. The lowest BCUT2D eigenvalue weighted by Crippen LogP contribution is -2.50. The van der Waals surface area contributed by atoms with Gasteiger partial charge in [0, 0.05) is 6.07 Å². The lowest BCUT2D eigenvalue weighted by Gasteiger charge is -2.31. The van der Waals surface area contributed by atoms with Crippen LogP contribution in [0.15, 0.2) is 59.6 Å². The van der Waals surface area contributed by atoms with Gasteiger partial charge in [0.2, 0.25) is 17.2 Å². The zero-order valence-corrected chi connectivity index (χ0v) is 16.4. The van der Waals surface area contributed by atoms with E-state index in [4.69, 9.17) is 14.2 Å². The molecule has 1 aliphatic carbocycles. The number of aromatic hydroxyl groups is 1. The molecule has 29 heavy (non-hydrogen) atoms. The number of allylic oxidation sites excluding steroid dienone is 4. The Morgan fingerprint density at radius 2 is 1.97 bits per heavy atom. The standard InChI is InChI=1S/C22H20O7/c1-5-6-15-8-13-9-18(24)22(3,20(25)16(13)11-28-15)29-21(26)19-12(2)7-14(23)10-17(19)27-4/h5-11,23H,1-4H3/b6-5-/t22-/m0/s1. The van der Waals surface area contributed by atoms with E-state index in [9.17, 15) is 19.5 Å². The maximum atomic E-state index is 13.0. The smallest absolute Gasteiger partial charge is 0.343 e. The normalized spacial score (nSPS) is 21.0. The first-order valence-electron chi connectivity index (χ1n) is 8.84. The first-order valence-corrected chi connectivity index (χ1v) is 8.84. The molecule has 7 heteroatoms. The van der Waals surface area contributed by atoms with Crippen LogP contribution in [0.5, 0.6) is 11.5 Å². The Bertz CT molecular complexity index is 1040. The summed E-state index contributed by atoms with van der Waals surface area (Å²) in [6, 6.07) is 2.61. The number of hydrogen-bond acceptors (Lipinski definition) is 7. The number of ether oxygens (including phenoxy) is 3. The fraction of sp³-hybridized carbons (Fsp3) is 0.227. The van der Waals surface area contributed by atoms with Crippen molar-refractivity contribution in [2.45, 2.75) is 26.4 Å². The molecule has 3 rings (SSSR count). The summed E-state index contributed by atoms with van der Waals surface area (Å²) in [5.41, 5.74) is -1.11. The third-order valence-electron chi connectivity index (χ3n) is 4.69. The molecule has 1 aromatic carbocycles. The zero-order valence-electron chi connectivity index (χ0n) is 16.4. The first-order chi connectivity index (χ1) is 13.7. The number of methoxy groups -OCH3 is 1. The summed E-state index contributed by atoms with van der Waals surface area (Å²) in [5.74, 6) is -1.79. The molecule has 0 unspecified atom stereocenters. The van der Waals surface area contributed by atoms with Crippen molar-refractivity contribution in [3.05, 3.63) is 70.7 Å². The number of benzene rings is 1. The number of Topliss-reactive ketones (excluding diaryl/α,β-unsaturated/α-hetero) is 1. The number of phenolic OH excluding ortho intramolecular Hbond substituents is 1. The molecule has 0 saturated heterocycles. The van der Waals surface area contributed by atoms with E-state index in [-0.39, 0.29) is 22.6 Å². The molecule has 0 amide bonds. The number of fused-ring (bicyclic) bond motifs is 1. The molecule has 0 aromatic heterocycles. The van der Waals surface area contributed by atoms with Crippen LogP contribution >= 0.6 is 0 Å². The Morgan fingerprint density at radius 3 is 2.62 bits per heavy atom. The summed E-state index contributed by atoms with van der Waals surface area (Å²) >= 11 is 0. The minimum absolute atomic E-state index is 0.0195. The number of phenols is 1. The highest BCUT2D eigenvalue weighted by Gasteiger charge is 2.49. The average molecular weight is 396 g/mol. The average Bonchev–Trinajstić information content (AvgIpc) is 2.66. The fourth-order valence-corrected chi connectivity index (χ4v) is 3.16. The first kappa shape index (κ1) is 20.1. The Labute approximate surface area is 167 Å². The number of carbonyl (C=O) groups excluding carboxylic acids is 3. The molecule has 1 atom stereocenters. The number of aryl methyl sites for hydroxylation is 1. The number of rotatable bonds is 4. The molecule has 150 valence electrons. The van der Waals surface area contributed by atoms with Gasteiger partial charge in [-0.25, -0.2) is 4.79 Å². The minimum Gasteiger partial charge on any atom is -0.508 e. The SMILES string of the molecule is C/C=C\C1=CC2=CC(=O)[C@](C)(OC(=O)c3c(C)cc(O)cc3OC)C(=O)C2=CO1. The van der Waals surface area contributed by atoms with E-state index in [0.29, 0.717) is 16.9 Å². The largest absolute Gasteiger partial charge is 0.508 e. The summed E-state index contributed by atoms with van der Waals surface area (Å²) in [4.78, 5) is 38.6. The molecular weight excluding hydrogens is 376 g/mol. The maximum absolute atomic E-state index is 13.0. The van der Waals surface area contributed by atoms with Crippen LogP contribution in [-0.2, 0) is 19.1 Å². The van der Waals surface area contributed by atoms with Crippen LogP contribution in [0.2, 0.25) is 0 Å². The second-order valence-electron chi connectivity index (χ2n) is 6.75. The molecule has 0 spiro atoms. The number of hydrogen-bond donors (Lipinski definition) is 1. The summed E-state index contributed by atoms with van der Waals surface area (Å²) in [5, 5.41) is 9.70. The van der Waals surface area contributed by atoms with Gasteiger partial charge in [-0.1, -0.05) is 6.08 Å². The van der Waals surface area contributed by atoms with Crippen LogP contribution in [0.1, 0.15) is 29.8 Å². The van der Waals surface area contributed by atoms with E-state index < -0.39 is 23.1 Å². The molecule has 2 aliphatic rings. The molecule has 7 nitrogen and oxygen atoms in total. The Morgan fingerprint density at radius 1 is 1.24 bits per heavy atom. The fourth-order valence-electron chi connectivity index (χ4n) is 3.16. The van der Waals surface area contributed by atoms with Crippen molar-refractivity contribution in [3.63, 3.8) is 0 Å². The van der Waals surface area contributed by atoms with Crippen LogP contribution in [-0.4, -0.2) is 35.4 Å². The Kier molecular flexibility index (Phi) is 5.16. The highest BCUT2D eigenvalue weighted by molar-refractivity contribution is 6.26. The lowest BCUT2D eigenvalue weighted by molar-refractivity contribution is -0.145.